The van der Waals surface area contributed by atoms with E-state index in [2.05, 4.69) is 4.98 Å². The molecular formula is C8H10BNO. The van der Waals surface area contributed by atoms with Gasteiger partial charge in [-0.25, -0.2) is 0 Å². The fourth-order valence-corrected chi connectivity index (χ4v) is 1.38. The van der Waals surface area contributed by atoms with Gasteiger partial charge in [0.15, 0.2) is 0 Å². The van der Waals surface area contributed by atoms with Gasteiger partial charge in [-0.2, -0.15) is 0 Å². The van der Waals surface area contributed by atoms with Gasteiger partial charge < -0.3 is 4.65 Å². The number of hydrogen-bond donors (Lipinski definition) is 0. The van der Waals surface area contributed by atoms with Crippen molar-refractivity contribution in [2.45, 2.75) is 12.7 Å². The minimum absolute atomic E-state index is 0.260. The van der Waals surface area contributed by atoms with E-state index >= 15 is 0 Å². The molecule has 0 N–H and O–H groups in total. The molecule has 1 aromatic rings. The molecule has 2 nitrogen and oxygen atoms in total. The van der Waals surface area contributed by atoms with Crippen molar-refractivity contribution in [1.29, 1.82) is 0 Å². The van der Waals surface area contributed by atoms with Gasteiger partial charge >= 0.3 is 6.92 Å². The molecule has 1 saturated heterocycles. The second-order valence-electron chi connectivity index (χ2n) is 2.76. The Morgan fingerprint density at radius 3 is 3.09 bits per heavy atom. The molecule has 0 spiro atoms. The van der Waals surface area contributed by atoms with Crippen LogP contribution >= 0.6 is 0 Å². The minimum atomic E-state index is 0.260. The molecule has 0 saturated carbocycles. The number of rotatable bonds is 1. The summed E-state index contributed by atoms with van der Waals surface area (Å²) in [7, 11) is 0. The normalized spacial score (nSPS) is 17.3. The molecule has 1 aromatic heterocycles. The zero-order valence-electron chi connectivity index (χ0n) is 6.36. The monoisotopic (exact) mass is 147 g/mol. The van der Waals surface area contributed by atoms with Crippen molar-refractivity contribution in [1.82, 2.24) is 4.98 Å². The third-order valence-electron chi connectivity index (χ3n) is 1.95. The summed E-state index contributed by atoms with van der Waals surface area (Å²) in [6.45, 7) is 1.15. The standard InChI is InChI=1S/C8H10BNO/c1-2-6-10-8(4-1)9-5-3-7-11-9/h1-2,4,6H,3,5,7H2. The van der Waals surface area contributed by atoms with Gasteiger partial charge in [0.25, 0.3) is 0 Å². The van der Waals surface area contributed by atoms with Crippen LogP contribution in [-0.4, -0.2) is 18.5 Å². The second-order valence-corrected chi connectivity index (χ2v) is 2.76. The molecule has 0 aromatic carbocycles. The van der Waals surface area contributed by atoms with Crippen molar-refractivity contribution in [3.05, 3.63) is 24.4 Å². The lowest BCUT2D eigenvalue weighted by Crippen LogP contribution is -2.31. The van der Waals surface area contributed by atoms with Gasteiger partial charge in [-0.3, -0.25) is 4.98 Å². The molecule has 3 heteroatoms. The molecule has 2 rings (SSSR count). The molecule has 0 aliphatic carbocycles. The summed E-state index contributed by atoms with van der Waals surface area (Å²) < 4.78 is 5.48. The Hall–Kier alpha value is -0.825. The van der Waals surface area contributed by atoms with Crippen molar-refractivity contribution >= 4 is 12.5 Å². The molecule has 0 amide bonds. The van der Waals surface area contributed by atoms with Crippen molar-refractivity contribution in [3.8, 4) is 0 Å². The lowest BCUT2D eigenvalue weighted by molar-refractivity contribution is 0.366. The van der Waals surface area contributed by atoms with Gasteiger partial charge in [0.2, 0.25) is 0 Å². The highest BCUT2D eigenvalue weighted by Gasteiger charge is 2.23. The first-order valence-corrected chi connectivity index (χ1v) is 3.99. The van der Waals surface area contributed by atoms with E-state index in [1.807, 2.05) is 24.4 Å². The van der Waals surface area contributed by atoms with Gasteiger partial charge in [-0.1, -0.05) is 6.07 Å². The van der Waals surface area contributed by atoms with Crippen molar-refractivity contribution < 1.29 is 4.65 Å². The maximum absolute atomic E-state index is 5.48. The Bertz CT molecular complexity index is 221. The molecule has 1 aliphatic rings. The highest BCUT2D eigenvalue weighted by molar-refractivity contribution is 6.66. The quantitative estimate of drug-likeness (QED) is 0.545. The summed E-state index contributed by atoms with van der Waals surface area (Å²) in [4.78, 5) is 4.24. The van der Waals surface area contributed by atoms with Gasteiger partial charge in [-0.05, 0) is 24.9 Å². The van der Waals surface area contributed by atoms with Crippen LogP contribution in [0.25, 0.3) is 0 Å². The van der Waals surface area contributed by atoms with E-state index in [4.69, 9.17) is 4.65 Å². The predicted molar refractivity (Wildman–Crippen MR) is 45.0 cm³/mol. The Morgan fingerprint density at radius 1 is 1.45 bits per heavy atom. The van der Waals surface area contributed by atoms with Crippen LogP contribution in [0.5, 0.6) is 0 Å². The average molecular weight is 147 g/mol. The zero-order chi connectivity index (χ0) is 7.52. The number of hydrogen-bond acceptors (Lipinski definition) is 2. The number of aromatic nitrogens is 1. The van der Waals surface area contributed by atoms with Crippen LogP contribution in [0.3, 0.4) is 0 Å². The molecule has 2 heterocycles. The van der Waals surface area contributed by atoms with Crippen molar-refractivity contribution in [2.75, 3.05) is 6.61 Å². The highest BCUT2D eigenvalue weighted by atomic mass is 16.4. The van der Waals surface area contributed by atoms with Crippen LogP contribution < -0.4 is 5.59 Å². The zero-order valence-corrected chi connectivity index (χ0v) is 6.36. The maximum Gasteiger partial charge on any atom is 0.346 e. The molecule has 1 fully saturated rings. The SMILES string of the molecule is c1ccc(B2CCCO2)nc1. The van der Waals surface area contributed by atoms with Crippen molar-refractivity contribution in [2.24, 2.45) is 0 Å². The summed E-state index contributed by atoms with van der Waals surface area (Å²) in [5.74, 6) is 0. The average Bonchev–Trinajstić information content (AvgIpc) is 2.58. The van der Waals surface area contributed by atoms with Gasteiger partial charge in [0.1, 0.15) is 0 Å². The minimum Gasteiger partial charge on any atom is -0.430 e. The molecule has 56 valence electrons. The third kappa shape index (κ3) is 1.43. The van der Waals surface area contributed by atoms with E-state index < -0.39 is 0 Å². The van der Waals surface area contributed by atoms with Crippen LogP contribution in [-0.2, 0) is 4.65 Å². The van der Waals surface area contributed by atoms with Crippen molar-refractivity contribution in [3.63, 3.8) is 0 Å². The molecule has 0 bridgehead atoms. The van der Waals surface area contributed by atoms with Gasteiger partial charge in [-0.15, -0.1) is 0 Å². The van der Waals surface area contributed by atoms with Crippen LogP contribution in [0.15, 0.2) is 24.4 Å². The smallest absolute Gasteiger partial charge is 0.346 e. The predicted octanol–water partition coefficient (Wildman–Crippen LogP) is 0.700. The van der Waals surface area contributed by atoms with E-state index in [0.29, 0.717) is 0 Å². The molecule has 0 unspecified atom stereocenters. The summed E-state index contributed by atoms with van der Waals surface area (Å²) >= 11 is 0. The van der Waals surface area contributed by atoms with Crippen LogP contribution in [0.2, 0.25) is 6.32 Å². The first kappa shape index (κ1) is 6.86. The van der Waals surface area contributed by atoms with E-state index in [9.17, 15) is 0 Å². The fourth-order valence-electron chi connectivity index (χ4n) is 1.38. The molecule has 1 aliphatic heterocycles. The van der Waals surface area contributed by atoms with Crippen LogP contribution in [0.4, 0.5) is 0 Å². The lowest BCUT2D eigenvalue weighted by Gasteiger charge is -2.01. The fraction of sp³-hybridized carbons (Fsp3) is 0.375. The second kappa shape index (κ2) is 3.05. The maximum atomic E-state index is 5.48. The Morgan fingerprint density at radius 2 is 2.45 bits per heavy atom. The Labute approximate surface area is 66.7 Å². The van der Waals surface area contributed by atoms with Gasteiger partial charge in [0, 0.05) is 18.4 Å². The molecule has 11 heavy (non-hydrogen) atoms. The molecular weight excluding hydrogens is 137 g/mol. The lowest BCUT2D eigenvalue weighted by atomic mass is 9.62. The van der Waals surface area contributed by atoms with E-state index in [1.165, 1.54) is 6.42 Å². The summed E-state index contributed by atoms with van der Waals surface area (Å²) in [6, 6.07) is 5.96. The molecule has 0 radical (unpaired) electrons. The van der Waals surface area contributed by atoms with Crippen LogP contribution in [0, 0.1) is 0 Å². The first-order chi connectivity index (χ1) is 5.47. The topological polar surface area (TPSA) is 22.1 Å². The first-order valence-electron chi connectivity index (χ1n) is 3.99. The van der Waals surface area contributed by atoms with Crippen LogP contribution in [0.1, 0.15) is 6.42 Å². The third-order valence-corrected chi connectivity index (χ3v) is 1.95. The number of nitrogens with zero attached hydrogens (tertiary/aromatic N) is 1. The van der Waals surface area contributed by atoms with E-state index in [1.54, 1.807) is 0 Å². The number of pyridine rings is 1. The Kier molecular flexibility index (Phi) is 1.90. The largest absolute Gasteiger partial charge is 0.430 e. The summed E-state index contributed by atoms with van der Waals surface area (Å²) in [5, 5.41) is 0. The van der Waals surface area contributed by atoms with Gasteiger partial charge in [0.05, 0.1) is 0 Å². The summed E-state index contributed by atoms with van der Waals surface area (Å²) in [6.07, 6.45) is 4.11. The Balaban J connectivity index is 2.16. The van der Waals surface area contributed by atoms with E-state index in [0.717, 1.165) is 18.5 Å². The summed E-state index contributed by atoms with van der Waals surface area (Å²) in [5.41, 5.74) is 1.07. The molecule has 0 atom stereocenters. The highest BCUT2D eigenvalue weighted by Crippen LogP contribution is 2.08. The van der Waals surface area contributed by atoms with E-state index in [-0.39, 0.29) is 6.92 Å².